The van der Waals surface area contributed by atoms with E-state index in [1.165, 1.54) is 6.07 Å². The molecule has 2 bridgehead atoms. The van der Waals surface area contributed by atoms with E-state index >= 15 is 0 Å². The molecule has 3 aliphatic rings. The summed E-state index contributed by atoms with van der Waals surface area (Å²) in [6.07, 6.45) is 1.74. The Morgan fingerprint density at radius 3 is 2.94 bits per heavy atom. The normalized spacial score (nSPS) is 20.7. The Hall–Kier alpha value is -3.63. The number of nitrogens with one attached hydrogen (secondary N) is 1. The molecule has 2 atom stereocenters. The zero-order valence-electron chi connectivity index (χ0n) is 17.7. The number of nitrogens with zero attached hydrogens (tertiary/aromatic N) is 4. The number of hydrogen-bond donors (Lipinski definition) is 2. The van der Waals surface area contributed by atoms with Crippen LogP contribution in [0.3, 0.4) is 0 Å². The number of ether oxygens (including phenoxy) is 1. The summed E-state index contributed by atoms with van der Waals surface area (Å²) in [4.78, 5) is 27.7. The van der Waals surface area contributed by atoms with Gasteiger partial charge < -0.3 is 24.6 Å². The highest BCUT2D eigenvalue weighted by atomic mass is 16.8. The molecule has 170 valence electrons. The van der Waals surface area contributed by atoms with Crippen LogP contribution in [0.15, 0.2) is 41.2 Å². The predicted molar refractivity (Wildman–Crippen MR) is 118 cm³/mol. The van der Waals surface area contributed by atoms with Gasteiger partial charge in [0.1, 0.15) is 17.1 Å². The zero-order chi connectivity index (χ0) is 22.7. The minimum absolute atomic E-state index is 0.0129. The molecule has 10 nitrogen and oxygen atoms in total. The maximum absolute atomic E-state index is 13.3. The average Bonchev–Trinajstić information content (AvgIpc) is 3.48. The van der Waals surface area contributed by atoms with Crippen molar-refractivity contribution < 1.29 is 14.7 Å². The highest BCUT2D eigenvalue weighted by Crippen LogP contribution is 2.36. The van der Waals surface area contributed by atoms with E-state index in [2.05, 4.69) is 16.3 Å². The van der Waals surface area contributed by atoms with Crippen LogP contribution in [0.4, 0.5) is 5.69 Å². The van der Waals surface area contributed by atoms with Crippen LogP contribution in [0.2, 0.25) is 0 Å². The number of rotatable bonds is 3. The molecule has 3 aromatic rings. The van der Waals surface area contributed by atoms with Crippen molar-refractivity contribution in [2.45, 2.75) is 25.3 Å². The fourth-order valence-electron chi connectivity index (χ4n) is 5.34. The number of anilines is 1. The number of benzene rings is 1. The minimum Gasteiger partial charge on any atom is -0.733 e. The van der Waals surface area contributed by atoms with Crippen molar-refractivity contribution >= 4 is 11.6 Å². The molecule has 1 amide bonds. The van der Waals surface area contributed by atoms with Crippen LogP contribution in [0.1, 0.15) is 34.1 Å². The molecule has 0 radical (unpaired) electrons. The largest absolute Gasteiger partial charge is 0.733 e. The van der Waals surface area contributed by atoms with Gasteiger partial charge in [0.25, 0.3) is 11.5 Å². The number of pyridine rings is 1. The third kappa shape index (κ3) is 3.30. The summed E-state index contributed by atoms with van der Waals surface area (Å²) in [6, 6.07) is 10.7. The average molecular weight is 448 g/mol. The standard InChI is InChI=1S/C23H22N5O5/c29-22(18-9-17(24-25-18)14-1-4-21-15(8-14)5-6-33-21)26-10-13-7-16(12-26)19-2-3-20(28(31)32)23(30)27(19)11-13/h1-4,8-9,13,16,31H,5-7,10-12H2,(H,24,25)/q-1. The highest BCUT2D eigenvalue weighted by Gasteiger charge is 2.37. The van der Waals surface area contributed by atoms with Crippen molar-refractivity contribution in [3.63, 3.8) is 0 Å². The monoisotopic (exact) mass is 448 g/mol. The Morgan fingerprint density at radius 2 is 2.09 bits per heavy atom. The van der Waals surface area contributed by atoms with Gasteiger partial charge in [-0.3, -0.25) is 19.9 Å². The van der Waals surface area contributed by atoms with Crippen LogP contribution in [0.25, 0.3) is 11.3 Å². The van der Waals surface area contributed by atoms with Crippen LogP contribution >= 0.6 is 0 Å². The summed E-state index contributed by atoms with van der Waals surface area (Å²) in [5, 5.41) is 27.3. The van der Waals surface area contributed by atoms with E-state index in [0.717, 1.165) is 35.4 Å². The van der Waals surface area contributed by atoms with Gasteiger partial charge in [0, 0.05) is 43.2 Å². The molecule has 5 heterocycles. The molecular formula is C23H22N5O5-. The molecule has 6 rings (SSSR count). The van der Waals surface area contributed by atoms with Crippen molar-refractivity contribution in [2.75, 3.05) is 24.9 Å². The summed E-state index contributed by atoms with van der Waals surface area (Å²) < 4.78 is 7.12. The van der Waals surface area contributed by atoms with Crippen molar-refractivity contribution in [1.29, 1.82) is 0 Å². The van der Waals surface area contributed by atoms with Crippen LogP contribution in [0, 0.1) is 11.1 Å². The molecule has 0 aliphatic carbocycles. The van der Waals surface area contributed by atoms with Crippen LogP contribution in [-0.4, -0.2) is 50.5 Å². The quantitative estimate of drug-likeness (QED) is 0.588. The van der Waals surface area contributed by atoms with E-state index < -0.39 is 5.56 Å². The molecule has 0 saturated carbocycles. The van der Waals surface area contributed by atoms with E-state index in [9.17, 15) is 20.0 Å². The first kappa shape index (κ1) is 20.0. The van der Waals surface area contributed by atoms with Gasteiger partial charge in [-0.05, 0) is 54.3 Å². The number of piperidine rings is 1. The predicted octanol–water partition coefficient (Wildman–Crippen LogP) is 2.13. The molecule has 2 N–H and O–H groups in total. The van der Waals surface area contributed by atoms with Gasteiger partial charge in [-0.2, -0.15) is 5.10 Å². The van der Waals surface area contributed by atoms with Crippen LogP contribution < -0.4 is 15.5 Å². The summed E-state index contributed by atoms with van der Waals surface area (Å²) >= 11 is 0. The molecule has 1 aromatic carbocycles. The van der Waals surface area contributed by atoms with Gasteiger partial charge in [0.2, 0.25) is 0 Å². The summed E-state index contributed by atoms with van der Waals surface area (Å²) in [7, 11) is 0. The number of aromatic amines is 1. The van der Waals surface area contributed by atoms with E-state index in [1.54, 1.807) is 21.6 Å². The molecule has 1 saturated heterocycles. The topological polar surface area (TPSA) is 127 Å². The van der Waals surface area contributed by atoms with Gasteiger partial charge in [-0.1, -0.05) is 0 Å². The Kier molecular flexibility index (Phi) is 4.52. The molecular weight excluding hydrogens is 426 g/mol. The molecule has 2 aromatic heterocycles. The van der Waals surface area contributed by atoms with Crippen molar-refractivity contribution in [3.8, 4) is 17.0 Å². The lowest BCUT2D eigenvalue weighted by molar-refractivity contribution is 0.0588. The second-order valence-corrected chi connectivity index (χ2v) is 8.93. The smallest absolute Gasteiger partial charge is 0.275 e. The SMILES string of the molecule is O=C(c1cc(-c2ccc3c(c2)CCO3)n[nH]1)N1CC2CC(C1)c1ccc(N([O-])O)c(=O)n1C2. The van der Waals surface area contributed by atoms with E-state index in [-0.39, 0.29) is 28.7 Å². The number of hydrogen-bond acceptors (Lipinski definition) is 7. The van der Waals surface area contributed by atoms with Crippen LogP contribution in [-0.2, 0) is 13.0 Å². The first-order chi connectivity index (χ1) is 16.0. The molecule has 2 unspecified atom stereocenters. The number of carbonyl (C=O) groups excluding carboxylic acids is 1. The second kappa shape index (κ2) is 7.46. The highest BCUT2D eigenvalue weighted by molar-refractivity contribution is 5.93. The maximum atomic E-state index is 13.3. The molecule has 33 heavy (non-hydrogen) atoms. The third-order valence-electron chi connectivity index (χ3n) is 6.87. The fraction of sp³-hybridized carbons (Fsp3) is 0.348. The summed E-state index contributed by atoms with van der Waals surface area (Å²) in [5.74, 6) is 0.854. The van der Waals surface area contributed by atoms with E-state index in [0.29, 0.717) is 37.6 Å². The number of carbonyl (C=O) groups is 1. The van der Waals surface area contributed by atoms with Gasteiger partial charge in [0.15, 0.2) is 0 Å². The Morgan fingerprint density at radius 1 is 1.21 bits per heavy atom. The number of H-pyrrole nitrogens is 1. The van der Waals surface area contributed by atoms with E-state index in [4.69, 9.17) is 4.74 Å². The zero-order valence-corrected chi connectivity index (χ0v) is 17.7. The second-order valence-electron chi connectivity index (χ2n) is 8.93. The van der Waals surface area contributed by atoms with Gasteiger partial charge in [-0.25, -0.2) is 0 Å². The molecule has 1 fully saturated rings. The molecule has 3 aliphatic heterocycles. The summed E-state index contributed by atoms with van der Waals surface area (Å²) in [6.45, 7) is 2.07. The van der Waals surface area contributed by atoms with Gasteiger partial charge in [0.05, 0.1) is 12.3 Å². The maximum Gasteiger partial charge on any atom is 0.275 e. The van der Waals surface area contributed by atoms with Gasteiger partial charge >= 0.3 is 0 Å². The van der Waals surface area contributed by atoms with Crippen molar-refractivity contribution in [1.82, 2.24) is 19.7 Å². The lowest BCUT2D eigenvalue weighted by Crippen LogP contribution is -2.49. The first-order valence-corrected chi connectivity index (χ1v) is 11.0. The minimum atomic E-state index is -0.502. The Balaban J connectivity index is 1.24. The lowest BCUT2D eigenvalue weighted by Gasteiger charge is -2.43. The molecule has 10 heteroatoms. The number of likely N-dealkylation sites (tertiary alicyclic amines) is 1. The number of amides is 1. The Labute approximate surface area is 188 Å². The summed E-state index contributed by atoms with van der Waals surface area (Å²) in [5.41, 5.74) is 3.20. The van der Waals surface area contributed by atoms with Crippen molar-refractivity contribution in [2.24, 2.45) is 5.92 Å². The van der Waals surface area contributed by atoms with E-state index in [1.807, 2.05) is 12.1 Å². The van der Waals surface area contributed by atoms with Crippen molar-refractivity contribution in [3.05, 3.63) is 68.9 Å². The first-order valence-electron chi connectivity index (χ1n) is 11.0. The lowest BCUT2D eigenvalue weighted by atomic mass is 9.83. The van der Waals surface area contributed by atoms with Crippen LogP contribution in [0.5, 0.6) is 5.75 Å². The fourth-order valence-corrected chi connectivity index (χ4v) is 5.34. The Bertz CT molecular complexity index is 1310. The van der Waals surface area contributed by atoms with Gasteiger partial charge in [-0.15, -0.1) is 0 Å². The third-order valence-corrected chi connectivity index (χ3v) is 6.87. The molecule has 0 spiro atoms. The number of aromatic nitrogens is 3. The number of fused-ring (bicyclic) bond motifs is 5.